The Morgan fingerprint density at radius 3 is 0.575 bits per heavy atom. The van der Waals surface area contributed by atoms with Crippen LogP contribution in [-0.4, -0.2) is 200 Å². The van der Waals surface area contributed by atoms with Gasteiger partial charge >= 0.3 is 0 Å². The molecule has 0 aromatic rings. The van der Waals surface area contributed by atoms with Crippen molar-refractivity contribution in [2.45, 2.75) is 374 Å². The average molecular weight is 1810 g/mol. The summed E-state index contributed by atoms with van der Waals surface area (Å²) in [6, 6.07) is 1.27. The molecule has 0 aliphatic rings. The minimum absolute atomic E-state index is 0.0914. The fraction of sp³-hybridized carbons (Fsp3) is 0.865. The second-order valence-electron chi connectivity index (χ2n) is 35.1. The van der Waals surface area contributed by atoms with Gasteiger partial charge in [0.15, 0.2) is 17.7 Å². The fourth-order valence-electron chi connectivity index (χ4n) is 11.1. The van der Waals surface area contributed by atoms with E-state index in [2.05, 4.69) is 126 Å². The summed E-state index contributed by atoms with van der Waals surface area (Å²) in [6.07, 6.45) is 43.4. The van der Waals surface area contributed by atoms with Crippen molar-refractivity contribution < 1.29 is 61.9 Å². The molecular formula is C96H200N18O13. The van der Waals surface area contributed by atoms with Gasteiger partial charge in [0.25, 0.3) is 30.1 Å². The Labute approximate surface area is 775 Å². The largest absolute Gasteiger partial charge is 0.484 e. The number of aliphatic imine (C=N–C) groups is 5. The number of carbonyl (C=O) groups is 5. The second-order valence-corrected chi connectivity index (χ2v) is 35.1. The molecule has 0 spiro atoms. The minimum atomic E-state index is 0.0914. The maximum Gasteiger partial charge on any atom is 0.281 e. The highest BCUT2D eigenvalue weighted by Gasteiger charge is 2.10. The molecule has 0 heterocycles. The molecule has 752 valence electrons. The molecule has 0 fully saturated rings. The van der Waals surface area contributed by atoms with Crippen LogP contribution in [0.3, 0.4) is 0 Å². The van der Waals surface area contributed by atoms with Crippen LogP contribution in [0, 0.1) is 63.6 Å². The van der Waals surface area contributed by atoms with Crippen LogP contribution in [0.2, 0.25) is 0 Å². The maximum atomic E-state index is 11.4. The standard InChI is InChI=1S/C14H29N3O2.C14H28N2O2.C12H25N3O2.C12H24N2O2.C12H26N2O.C12H25NO.C10H21N3O2.C10H22N2O/c1-12(2)11-13(18)16-9-7-5-4-6-8-10-17-14(15)19-3;1-12(2)11-14(17)16-10-8-6-4-5-7-9-13(15)18-3;1-10(2)9-11(16)14-7-5-4-6-8-15-12(13)17-3;1-10(2)9-12(15)14-8-6-4-5-7-11(13)16-3;1-11(2)9-7-5-4-6-8-10-14-12(13)15-3;1-11(2)9-7-5-4-6-8-10-12(13)14-3;1-8(2)7-9(14)12-5-4-6-13-10(11)15-3;1-9(2)7-5-4-6-8-12-10(11)13-3/h12H,4-11H2,1-3H3,(H2,15,17)(H,16,18);12,15H,4-11H2,1-3H3,(H,16,17);10H,4-9H2,1-3H3,(H2,13,15)(H,14,16);10,13H,4-9H2,1-3H3,(H,14,15);11H,4-10H2,1-3H3,(H2,13,14);11,13H,4-10H2,1-3H3;8H,4-7H2,1-3H3,(H2,11,13)(H,12,14);9H,4-8H2,1-3H3,(H2,11,12). The van der Waals surface area contributed by atoms with E-state index in [0.717, 1.165) is 198 Å². The summed E-state index contributed by atoms with van der Waals surface area (Å²) >= 11 is 0. The van der Waals surface area contributed by atoms with Crippen LogP contribution in [0.4, 0.5) is 0 Å². The van der Waals surface area contributed by atoms with Gasteiger partial charge in [0.1, 0.15) is 0 Å². The Hall–Kier alpha value is -7.89. The lowest BCUT2D eigenvalue weighted by atomic mass is 10.0. The van der Waals surface area contributed by atoms with Crippen molar-refractivity contribution in [3.8, 4) is 0 Å². The Kier molecular flexibility index (Phi) is 111. The van der Waals surface area contributed by atoms with E-state index in [-0.39, 0.29) is 47.6 Å². The van der Waals surface area contributed by atoms with Crippen LogP contribution in [0.5, 0.6) is 0 Å². The normalized spacial score (nSPS) is 11.3. The molecule has 0 rings (SSSR count). The molecule has 5 amide bonds. The minimum Gasteiger partial charge on any atom is -0.484 e. The number of nitrogens with two attached hydrogens (primary N) is 5. The van der Waals surface area contributed by atoms with E-state index in [0.29, 0.717) is 117 Å². The summed E-state index contributed by atoms with van der Waals surface area (Å²) in [5, 5.41) is 36.4. The molecule has 0 radical (unpaired) electrons. The SMILES string of the molecule is COC(=N)CCCCCCCC(C)C.COC(=N)CCCCCCCNC(=O)CC(C)C.COC(=N)CCCCCNC(=O)CC(C)C.COC(N)=NCCCCCC(C)C.COC(N)=NCCCCCCCC(C)C.COC(N)=NCCCCCCCNC(=O)CC(C)C.COC(N)=NCCCCCNC(=O)CC(C)C.COC(N)=NCCCNC(=O)CC(C)C. The van der Waals surface area contributed by atoms with Crippen molar-refractivity contribution >= 4 is 77.3 Å². The summed E-state index contributed by atoms with van der Waals surface area (Å²) in [4.78, 5) is 76.6. The second kappa shape index (κ2) is 105. The molecule has 0 unspecified atom stereocenters. The number of hydrogen-bond donors (Lipinski definition) is 13. The lowest BCUT2D eigenvalue weighted by Gasteiger charge is -2.07. The summed E-state index contributed by atoms with van der Waals surface area (Å²) in [7, 11) is 12.2. The van der Waals surface area contributed by atoms with Crippen LogP contribution in [0.1, 0.15) is 374 Å². The van der Waals surface area contributed by atoms with E-state index in [1.54, 1.807) is 21.3 Å². The first-order valence-corrected chi connectivity index (χ1v) is 48.2. The first-order chi connectivity index (χ1) is 60.3. The van der Waals surface area contributed by atoms with Crippen LogP contribution in [0.25, 0.3) is 0 Å². The average Bonchev–Trinajstić information content (AvgIpc) is 1.03. The molecule has 0 atom stereocenters. The number of ether oxygens (including phenoxy) is 8. The third-order valence-electron chi connectivity index (χ3n) is 18.4. The summed E-state index contributed by atoms with van der Waals surface area (Å²) < 4.78 is 37.9. The van der Waals surface area contributed by atoms with Crippen molar-refractivity contribution in [2.24, 2.45) is 101 Å². The summed E-state index contributed by atoms with van der Waals surface area (Å²) in [6.45, 7) is 41.3. The third kappa shape index (κ3) is 136. The van der Waals surface area contributed by atoms with Crippen LogP contribution < -0.4 is 55.3 Å². The Morgan fingerprint density at radius 2 is 0.378 bits per heavy atom. The summed E-state index contributed by atoms with van der Waals surface area (Å²) in [5.41, 5.74) is 26.9. The van der Waals surface area contributed by atoms with Crippen LogP contribution in [0.15, 0.2) is 25.0 Å². The van der Waals surface area contributed by atoms with Crippen molar-refractivity contribution in [2.75, 3.05) is 122 Å². The van der Waals surface area contributed by atoms with E-state index in [1.165, 1.54) is 125 Å². The number of rotatable bonds is 64. The highest BCUT2D eigenvalue weighted by molar-refractivity contribution is 5.78. The first-order valence-electron chi connectivity index (χ1n) is 48.2. The zero-order valence-electron chi connectivity index (χ0n) is 85.6. The van der Waals surface area contributed by atoms with E-state index >= 15 is 0 Å². The molecule has 0 aromatic heterocycles. The molecule has 0 aromatic carbocycles. The number of carbonyl (C=O) groups excluding carboxylic acids is 5. The quantitative estimate of drug-likeness (QED) is 0.0153. The van der Waals surface area contributed by atoms with Gasteiger partial charge in [0, 0.05) is 117 Å². The van der Waals surface area contributed by atoms with Crippen molar-refractivity contribution in [3.63, 3.8) is 0 Å². The van der Waals surface area contributed by atoms with Crippen molar-refractivity contribution in [1.82, 2.24) is 26.6 Å². The van der Waals surface area contributed by atoms with Crippen LogP contribution in [-0.2, 0) is 61.9 Å². The molecule has 0 aliphatic heterocycles. The van der Waals surface area contributed by atoms with Gasteiger partial charge in [-0.1, -0.05) is 239 Å². The number of nitrogens with one attached hydrogen (secondary N) is 8. The maximum absolute atomic E-state index is 11.4. The topological polar surface area (TPSA) is 483 Å². The van der Waals surface area contributed by atoms with Crippen LogP contribution >= 0.6 is 0 Å². The van der Waals surface area contributed by atoms with E-state index in [9.17, 15) is 24.0 Å². The Morgan fingerprint density at radius 1 is 0.220 bits per heavy atom. The molecule has 0 saturated heterocycles. The molecule has 0 aliphatic carbocycles. The molecular weight excluding hydrogens is 1610 g/mol. The molecule has 0 saturated carbocycles. The first kappa shape index (κ1) is 135. The number of unbranched alkanes of at least 4 members (excludes halogenated alkanes) is 22. The summed E-state index contributed by atoms with van der Waals surface area (Å²) in [5.74, 6) is 6.43. The number of hydrogen-bond acceptors (Lipinski definition) is 21. The van der Waals surface area contributed by atoms with E-state index < -0.39 is 0 Å². The molecule has 31 heteroatoms. The van der Waals surface area contributed by atoms with Gasteiger partial charge in [-0.2, -0.15) is 0 Å². The highest BCUT2D eigenvalue weighted by atomic mass is 16.5. The number of methoxy groups -OCH3 is 8. The number of amidine groups is 5. The highest BCUT2D eigenvalue weighted by Crippen LogP contribution is 2.15. The Balaban J connectivity index is -0.000000213. The predicted molar refractivity (Wildman–Crippen MR) is 535 cm³/mol. The molecule has 31 nitrogen and oxygen atoms in total. The van der Waals surface area contributed by atoms with Gasteiger partial charge in [0.2, 0.25) is 29.5 Å². The monoisotopic (exact) mass is 1810 g/mol. The van der Waals surface area contributed by atoms with Gasteiger partial charge in [-0.05, 0) is 131 Å². The number of amides is 5. The Bertz CT molecular complexity index is 2680. The lowest BCUT2D eigenvalue weighted by molar-refractivity contribution is -0.122. The lowest BCUT2D eigenvalue weighted by Crippen LogP contribution is -2.26. The zero-order chi connectivity index (χ0) is 97.9. The smallest absolute Gasteiger partial charge is 0.281 e. The van der Waals surface area contributed by atoms with Gasteiger partial charge in [0.05, 0.1) is 56.9 Å². The fourth-order valence-corrected chi connectivity index (χ4v) is 11.1. The number of nitrogens with zero attached hydrogens (tertiary/aromatic N) is 5. The van der Waals surface area contributed by atoms with Crippen molar-refractivity contribution in [3.05, 3.63) is 0 Å². The third-order valence-corrected chi connectivity index (χ3v) is 18.4. The van der Waals surface area contributed by atoms with E-state index in [4.69, 9.17) is 78.1 Å². The molecule has 127 heavy (non-hydrogen) atoms. The van der Waals surface area contributed by atoms with Crippen molar-refractivity contribution in [1.29, 1.82) is 16.2 Å². The predicted octanol–water partition coefficient (Wildman–Crippen LogP) is 18.4. The van der Waals surface area contributed by atoms with Gasteiger partial charge in [-0.25, -0.2) is 25.0 Å². The molecule has 18 N–H and O–H groups in total. The van der Waals surface area contributed by atoms with Gasteiger partial charge < -0.3 is 93.1 Å². The molecule has 0 bridgehead atoms. The van der Waals surface area contributed by atoms with Gasteiger partial charge in [-0.15, -0.1) is 0 Å². The van der Waals surface area contributed by atoms with Gasteiger partial charge in [-0.3, -0.25) is 40.2 Å². The van der Waals surface area contributed by atoms with E-state index in [1.807, 2.05) is 41.5 Å². The zero-order valence-corrected chi connectivity index (χ0v) is 85.6.